The molecule has 4 rings (SSSR count). The number of hydrogen-bond donors (Lipinski definition) is 0. The highest BCUT2D eigenvalue weighted by molar-refractivity contribution is 14.1. The molecule has 0 aliphatic carbocycles. The van der Waals surface area contributed by atoms with Crippen molar-refractivity contribution in [2.75, 3.05) is 30.8 Å². The minimum absolute atomic E-state index is 0.0657. The Morgan fingerprint density at radius 1 is 1.18 bits per heavy atom. The van der Waals surface area contributed by atoms with Gasteiger partial charge in [-0.2, -0.15) is 0 Å². The lowest BCUT2D eigenvalue weighted by Gasteiger charge is -2.37. The summed E-state index contributed by atoms with van der Waals surface area (Å²) in [5.74, 6) is -1.54. The molecule has 1 aromatic carbocycles. The summed E-state index contributed by atoms with van der Waals surface area (Å²) in [5.41, 5.74) is 0.155. The van der Waals surface area contributed by atoms with E-state index in [9.17, 15) is 17.6 Å². The zero-order chi connectivity index (χ0) is 29.4. The van der Waals surface area contributed by atoms with Gasteiger partial charge in [-0.15, -0.1) is 0 Å². The third-order valence-electron chi connectivity index (χ3n) is 6.89. The highest BCUT2D eigenvalue weighted by Crippen LogP contribution is 2.32. The van der Waals surface area contributed by atoms with Crippen LogP contribution in [0.1, 0.15) is 52.5 Å². The normalized spacial score (nSPS) is 15.1. The van der Waals surface area contributed by atoms with Crippen molar-refractivity contribution in [2.24, 2.45) is 0 Å². The Morgan fingerprint density at radius 2 is 1.85 bits per heavy atom. The molecular weight excluding hydrogens is 653 g/mol. The molecule has 218 valence electrons. The standard InChI is InChI=1S/C28H35F2IN4O4S/c1-6-15-40(37,38)17-18-7-8-20(29)26(24(18)30)35-16-21(31)25-22(35)9-10-23(32-25)33(5)19-11-13-34(14-12-19)27(36)39-28(2,3)4/h7-10,16,19H,6,11-15,17H2,1-5H3. The molecule has 0 saturated carbocycles. The lowest BCUT2D eigenvalue weighted by atomic mass is 10.0. The van der Waals surface area contributed by atoms with E-state index in [0.717, 1.165) is 18.9 Å². The molecule has 1 fully saturated rings. The van der Waals surface area contributed by atoms with Crippen molar-refractivity contribution < 1.29 is 26.7 Å². The number of anilines is 1. The van der Waals surface area contributed by atoms with Gasteiger partial charge in [0.15, 0.2) is 15.7 Å². The summed E-state index contributed by atoms with van der Waals surface area (Å²) >= 11 is 2.09. The molecule has 0 radical (unpaired) electrons. The quantitative estimate of drug-likeness (QED) is 0.281. The number of likely N-dealkylation sites (tertiary alicyclic amines) is 1. The van der Waals surface area contributed by atoms with Crippen LogP contribution in [-0.2, 0) is 20.3 Å². The third-order valence-corrected chi connectivity index (χ3v) is 9.46. The predicted octanol–water partition coefficient (Wildman–Crippen LogP) is 6.07. The van der Waals surface area contributed by atoms with Gasteiger partial charge in [-0.1, -0.05) is 13.0 Å². The van der Waals surface area contributed by atoms with Gasteiger partial charge < -0.3 is 19.1 Å². The van der Waals surface area contributed by atoms with E-state index in [1.807, 2.05) is 27.8 Å². The Balaban J connectivity index is 1.58. The van der Waals surface area contributed by atoms with Crippen molar-refractivity contribution in [3.8, 4) is 5.69 Å². The second kappa shape index (κ2) is 11.8. The zero-order valence-corrected chi connectivity index (χ0v) is 26.4. The lowest BCUT2D eigenvalue weighted by Crippen LogP contribution is -2.47. The maximum absolute atomic E-state index is 15.6. The first-order chi connectivity index (χ1) is 18.7. The zero-order valence-electron chi connectivity index (χ0n) is 23.4. The molecule has 1 aliphatic rings. The SMILES string of the molecule is CCCS(=O)(=O)Cc1ccc(F)c(-n2cc(I)c3nc(N(C)C4CCN(C(=O)OC(C)(C)C)CC4)ccc32)c1F. The number of fused-ring (bicyclic) bond motifs is 1. The summed E-state index contributed by atoms with van der Waals surface area (Å²) < 4.78 is 62.8. The summed E-state index contributed by atoms with van der Waals surface area (Å²) in [6.45, 7) is 8.42. The summed E-state index contributed by atoms with van der Waals surface area (Å²) in [5, 5.41) is 0. The van der Waals surface area contributed by atoms with Gasteiger partial charge in [0.1, 0.15) is 28.4 Å². The van der Waals surface area contributed by atoms with Crippen molar-refractivity contribution in [2.45, 2.75) is 64.4 Å². The van der Waals surface area contributed by atoms with Crippen LogP contribution < -0.4 is 4.90 Å². The van der Waals surface area contributed by atoms with E-state index in [-0.39, 0.29) is 29.1 Å². The van der Waals surface area contributed by atoms with Crippen LogP contribution in [-0.4, -0.2) is 66.5 Å². The Hall–Kier alpha value is -2.48. The molecule has 3 aromatic rings. The van der Waals surface area contributed by atoms with Crippen LogP contribution in [0.15, 0.2) is 30.5 Å². The number of nitrogens with zero attached hydrogens (tertiary/aromatic N) is 4. The summed E-state index contributed by atoms with van der Waals surface area (Å²) in [4.78, 5) is 21.0. The van der Waals surface area contributed by atoms with E-state index >= 15 is 4.39 Å². The number of hydrogen-bond acceptors (Lipinski definition) is 6. The van der Waals surface area contributed by atoms with E-state index in [0.29, 0.717) is 39.9 Å². The van der Waals surface area contributed by atoms with E-state index in [1.165, 1.54) is 10.6 Å². The monoisotopic (exact) mass is 688 g/mol. The van der Waals surface area contributed by atoms with Gasteiger partial charge in [-0.3, -0.25) is 0 Å². The lowest BCUT2D eigenvalue weighted by molar-refractivity contribution is 0.0205. The maximum Gasteiger partial charge on any atom is 0.410 e. The fraction of sp³-hybridized carbons (Fsp3) is 0.500. The van der Waals surface area contributed by atoms with Crippen LogP contribution in [0.2, 0.25) is 0 Å². The minimum Gasteiger partial charge on any atom is -0.444 e. The van der Waals surface area contributed by atoms with Gasteiger partial charge in [0, 0.05) is 37.9 Å². The van der Waals surface area contributed by atoms with Crippen LogP contribution >= 0.6 is 22.6 Å². The number of pyridine rings is 1. The van der Waals surface area contributed by atoms with Crippen molar-refractivity contribution in [3.05, 3.63) is 51.2 Å². The highest BCUT2D eigenvalue weighted by Gasteiger charge is 2.29. The van der Waals surface area contributed by atoms with Crippen LogP contribution in [0, 0.1) is 15.2 Å². The number of carbonyl (C=O) groups is 1. The number of benzene rings is 1. The number of rotatable bonds is 7. The Morgan fingerprint density at radius 3 is 2.48 bits per heavy atom. The third kappa shape index (κ3) is 6.69. The van der Waals surface area contributed by atoms with Crippen molar-refractivity contribution in [3.63, 3.8) is 0 Å². The number of sulfone groups is 1. The fourth-order valence-corrected chi connectivity index (χ4v) is 7.06. The molecule has 3 heterocycles. The van der Waals surface area contributed by atoms with Gasteiger partial charge in [0.05, 0.1) is 20.6 Å². The molecule has 2 aromatic heterocycles. The Kier molecular flexibility index (Phi) is 8.98. The molecule has 0 N–H and O–H groups in total. The number of piperidine rings is 1. The number of aromatic nitrogens is 2. The number of ether oxygens (including phenoxy) is 1. The smallest absolute Gasteiger partial charge is 0.410 e. The van der Waals surface area contributed by atoms with Crippen molar-refractivity contribution >= 4 is 55.4 Å². The number of carbonyl (C=O) groups excluding carboxylic acids is 1. The topological polar surface area (TPSA) is 84.7 Å². The van der Waals surface area contributed by atoms with E-state index in [4.69, 9.17) is 9.72 Å². The molecule has 0 spiro atoms. The van der Waals surface area contributed by atoms with Gasteiger partial charge in [0.2, 0.25) is 0 Å². The van der Waals surface area contributed by atoms with Crippen molar-refractivity contribution in [1.29, 1.82) is 0 Å². The second-order valence-electron chi connectivity index (χ2n) is 11.2. The first-order valence-corrected chi connectivity index (χ1v) is 16.2. The van der Waals surface area contributed by atoms with E-state index < -0.39 is 32.8 Å². The van der Waals surface area contributed by atoms with Crippen molar-refractivity contribution in [1.82, 2.24) is 14.5 Å². The highest BCUT2D eigenvalue weighted by atomic mass is 127. The van der Waals surface area contributed by atoms with E-state index in [1.54, 1.807) is 30.2 Å². The predicted molar refractivity (Wildman–Crippen MR) is 161 cm³/mol. The first kappa shape index (κ1) is 30.5. The van der Waals surface area contributed by atoms with Crippen LogP contribution in [0.3, 0.4) is 0 Å². The second-order valence-corrected chi connectivity index (χ2v) is 14.5. The molecule has 1 saturated heterocycles. The fourth-order valence-electron chi connectivity index (χ4n) is 4.92. The summed E-state index contributed by atoms with van der Waals surface area (Å²) in [7, 11) is -1.57. The minimum atomic E-state index is -3.52. The summed E-state index contributed by atoms with van der Waals surface area (Å²) in [6.07, 6.45) is 3.21. The van der Waals surface area contributed by atoms with Gasteiger partial charge in [-0.25, -0.2) is 27.0 Å². The largest absolute Gasteiger partial charge is 0.444 e. The van der Waals surface area contributed by atoms with Crippen LogP contribution in [0.4, 0.5) is 19.4 Å². The number of halogens is 3. The molecule has 0 bridgehead atoms. The average molecular weight is 689 g/mol. The molecule has 1 aliphatic heterocycles. The molecular formula is C28H35F2IN4O4S. The van der Waals surface area contributed by atoms with Gasteiger partial charge in [-0.05, 0) is 80.8 Å². The summed E-state index contributed by atoms with van der Waals surface area (Å²) in [6, 6.07) is 6.02. The molecule has 12 heteroatoms. The molecule has 0 unspecified atom stereocenters. The molecule has 1 amide bonds. The first-order valence-electron chi connectivity index (χ1n) is 13.3. The van der Waals surface area contributed by atoms with Gasteiger partial charge >= 0.3 is 6.09 Å². The molecule has 0 atom stereocenters. The number of amides is 1. The Labute approximate surface area is 247 Å². The maximum atomic E-state index is 15.6. The van der Waals surface area contributed by atoms with E-state index in [2.05, 4.69) is 27.5 Å². The van der Waals surface area contributed by atoms with Gasteiger partial charge in [0.25, 0.3) is 0 Å². The Bertz CT molecular complexity index is 1510. The average Bonchev–Trinajstić information content (AvgIpc) is 3.19. The molecule has 40 heavy (non-hydrogen) atoms. The van der Waals surface area contributed by atoms with Crippen LogP contribution in [0.5, 0.6) is 0 Å². The van der Waals surface area contributed by atoms with Crippen LogP contribution in [0.25, 0.3) is 16.7 Å². The molecule has 8 nitrogen and oxygen atoms in total.